The Bertz CT molecular complexity index is 536. The van der Waals surface area contributed by atoms with Crippen LogP contribution in [0.3, 0.4) is 0 Å². The van der Waals surface area contributed by atoms with E-state index >= 15 is 0 Å². The monoisotopic (exact) mass is 378 g/mol. The normalized spacial score (nSPS) is 11.8. The number of unbranched alkanes of at least 4 members (excludes halogenated alkanes) is 9. The van der Waals surface area contributed by atoms with Crippen LogP contribution in [0.4, 0.5) is 0 Å². The van der Waals surface area contributed by atoms with Gasteiger partial charge in [-0.25, -0.2) is 8.42 Å². The molecule has 0 fully saturated rings. The van der Waals surface area contributed by atoms with Crippen molar-refractivity contribution in [3.05, 3.63) is 28.2 Å². The van der Waals surface area contributed by atoms with Crippen molar-refractivity contribution in [2.24, 2.45) is 0 Å². The molecule has 0 unspecified atom stereocenters. The average Bonchev–Trinajstić information content (AvgIpc) is 2.48. The third-order valence-electron chi connectivity index (χ3n) is 3.96. The van der Waals surface area contributed by atoms with E-state index in [1.54, 1.807) is 6.07 Å². The van der Waals surface area contributed by atoms with Crippen molar-refractivity contribution >= 4 is 33.0 Å². The number of sulfone groups is 1. The summed E-state index contributed by atoms with van der Waals surface area (Å²) in [5.74, 6) is 0.167. The van der Waals surface area contributed by atoms with Crippen molar-refractivity contribution in [1.82, 2.24) is 0 Å². The largest absolute Gasteiger partial charge is 0.224 e. The van der Waals surface area contributed by atoms with Crippen LogP contribution < -0.4 is 0 Å². The van der Waals surface area contributed by atoms with E-state index in [-0.39, 0.29) is 10.6 Å². The Hall–Kier alpha value is -0.250. The SMILES string of the molecule is CCCCCCCCCCCCS(=O)(=O)c1cc(Cl)cc(Cl)c1. The van der Waals surface area contributed by atoms with Crippen LogP contribution in [-0.2, 0) is 9.84 Å². The van der Waals surface area contributed by atoms with Gasteiger partial charge in [-0.2, -0.15) is 0 Å². The molecule has 0 bridgehead atoms. The van der Waals surface area contributed by atoms with Crippen molar-refractivity contribution < 1.29 is 8.42 Å². The molecule has 1 aromatic carbocycles. The molecule has 0 amide bonds. The predicted molar refractivity (Wildman–Crippen MR) is 100 cm³/mol. The van der Waals surface area contributed by atoms with Gasteiger partial charge in [0.05, 0.1) is 10.6 Å². The molecule has 0 N–H and O–H groups in total. The van der Waals surface area contributed by atoms with Crippen molar-refractivity contribution in [3.63, 3.8) is 0 Å². The van der Waals surface area contributed by atoms with E-state index in [1.807, 2.05) is 0 Å². The topological polar surface area (TPSA) is 34.1 Å². The Morgan fingerprint density at radius 1 is 0.739 bits per heavy atom. The zero-order chi connectivity index (χ0) is 17.1. The van der Waals surface area contributed by atoms with E-state index in [0.29, 0.717) is 16.5 Å². The minimum Gasteiger partial charge on any atom is -0.224 e. The summed E-state index contributed by atoms with van der Waals surface area (Å²) in [6.45, 7) is 2.23. The van der Waals surface area contributed by atoms with Gasteiger partial charge in [0.15, 0.2) is 9.84 Å². The molecule has 23 heavy (non-hydrogen) atoms. The van der Waals surface area contributed by atoms with Crippen LogP contribution in [0, 0.1) is 0 Å². The van der Waals surface area contributed by atoms with Crippen molar-refractivity contribution in [2.45, 2.75) is 76.0 Å². The molecule has 0 saturated carbocycles. The summed E-state index contributed by atoms with van der Waals surface area (Å²) < 4.78 is 24.5. The zero-order valence-corrected chi connectivity index (χ0v) is 16.3. The molecule has 0 atom stereocenters. The fraction of sp³-hybridized carbons (Fsp3) is 0.667. The van der Waals surface area contributed by atoms with Crippen LogP contribution in [0.2, 0.25) is 10.0 Å². The Morgan fingerprint density at radius 3 is 1.65 bits per heavy atom. The van der Waals surface area contributed by atoms with E-state index in [2.05, 4.69) is 6.92 Å². The Kier molecular flexibility index (Phi) is 10.2. The number of hydrogen-bond acceptors (Lipinski definition) is 2. The lowest BCUT2D eigenvalue weighted by atomic mass is 10.1. The lowest BCUT2D eigenvalue weighted by Crippen LogP contribution is -2.07. The van der Waals surface area contributed by atoms with Crippen LogP contribution in [0.1, 0.15) is 71.1 Å². The van der Waals surface area contributed by atoms with Gasteiger partial charge in [-0.05, 0) is 24.6 Å². The first-order valence-electron chi connectivity index (χ1n) is 8.64. The Balaban J connectivity index is 2.19. The van der Waals surface area contributed by atoms with Crippen LogP contribution >= 0.6 is 23.2 Å². The van der Waals surface area contributed by atoms with Gasteiger partial charge in [0.25, 0.3) is 0 Å². The smallest absolute Gasteiger partial charge is 0.178 e. The van der Waals surface area contributed by atoms with E-state index in [1.165, 1.54) is 57.1 Å². The summed E-state index contributed by atoms with van der Waals surface area (Å²) >= 11 is 11.7. The van der Waals surface area contributed by atoms with Gasteiger partial charge >= 0.3 is 0 Å². The van der Waals surface area contributed by atoms with Crippen LogP contribution in [0.15, 0.2) is 23.1 Å². The van der Waals surface area contributed by atoms with Gasteiger partial charge < -0.3 is 0 Å². The van der Waals surface area contributed by atoms with Crippen molar-refractivity contribution in [3.8, 4) is 0 Å². The van der Waals surface area contributed by atoms with E-state index in [4.69, 9.17) is 23.2 Å². The van der Waals surface area contributed by atoms with Gasteiger partial charge in [0, 0.05) is 10.0 Å². The summed E-state index contributed by atoms with van der Waals surface area (Å²) in [5, 5.41) is 0.721. The van der Waals surface area contributed by atoms with Crippen LogP contribution in [0.5, 0.6) is 0 Å². The molecule has 1 aromatic rings. The summed E-state index contributed by atoms with van der Waals surface area (Å²) in [4.78, 5) is 0.228. The molecule has 5 heteroatoms. The zero-order valence-electron chi connectivity index (χ0n) is 14.0. The Morgan fingerprint density at radius 2 is 1.17 bits per heavy atom. The molecular weight excluding hydrogens is 351 g/mol. The summed E-state index contributed by atoms with van der Waals surface area (Å²) in [6, 6.07) is 4.49. The minimum absolute atomic E-state index is 0.167. The molecule has 2 nitrogen and oxygen atoms in total. The molecule has 0 aliphatic rings. The second-order valence-corrected chi connectivity index (χ2v) is 9.09. The van der Waals surface area contributed by atoms with Crippen LogP contribution in [0.25, 0.3) is 0 Å². The third kappa shape index (κ3) is 8.97. The maximum absolute atomic E-state index is 12.3. The van der Waals surface area contributed by atoms with Crippen molar-refractivity contribution in [1.29, 1.82) is 0 Å². The molecule has 0 aliphatic heterocycles. The first-order valence-corrected chi connectivity index (χ1v) is 11.1. The molecule has 0 radical (unpaired) electrons. The predicted octanol–water partition coefficient (Wildman–Crippen LogP) is 6.69. The second-order valence-electron chi connectivity index (χ2n) is 6.11. The highest BCUT2D eigenvalue weighted by Gasteiger charge is 2.15. The molecule has 1 rings (SSSR count). The maximum atomic E-state index is 12.3. The van der Waals surface area contributed by atoms with Gasteiger partial charge in [-0.15, -0.1) is 0 Å². The number of benzene rings is 1. The van der Waals surface area contributed by atoms with Gasteiger partial charge in [-0.3, -0.25) is 0 Å². The first kappa shape index (κ1) is 20.8. The highest BCUT2D eigenvalue weighted by molar-refractivity contribution is 7.91. The second kappa shape index (κ2) is 11.3. The molecule has 0 aliphatic carbocycles. The Labute approximate surface area is 151 Å². The highest BCUT2D eigenvalue weighted by Crippen LogP contribution is 2.23. The van der Waals surface area contributed by atoms with E-state index < -0.39 is 9.84 Å². The number of hydrogen-bond donors (Lipinski definition) is 0. The summed E-state index contributed by atoms with van der Waals surface area (Å²) in [6.07, 6.45) is 11.8. The molecule has 0 spiro atoms. The number of rotatable bonds is 12. The molecular formula is C18H28Cl2O2S. The van der Waals surface area contributed by atoms with Gasteiger partial charge in [0.2, 0.25) is 0 Å². The summed E-state index contributed by atoms with van der Waals surface area (Å²) in [7, 11) is -3.28. The minimum atomic E-state index is -3.28. The average molecular weight is 379 g/mol. The fourth-order valence-electron chi connectivity index (χ4n) is 2.61. The van der Waals surface area contributed by atoms with Gasteiger partial charge in [-0.1, -0.05) is 87.9 Å². The number of halogens is 2. The standard InChI is InChI=1S/C18H28Cl2O2S/c1-2-3-4-5-6-7-8-9-10-11-12-23(21,22)18-14-16(19)13-17(20)15-18/h13-15H,2-12H2,1H3. The summed E-state index contributed by atoms with van der Waals surface area (Å²) in [5.41, 5.74) is 0. The van der Waals surface area contributed by atoms with Crippen LogP contribution in [-0.4, -0.2) is 14.2 Å². The molecule has 132 valence electrons. The third-order valence-corrected chi connectivity index (χ3v) is 6.18. The highest BCUT2D eigenvalue weighted by atomic mass is 35.5. The van der Waals surface area contributed by atoms with E-state index in [0.717, 1.165) is 12.8 Å². The van der Waals surface area contributed by atoms with E-state index in [9.17, 15) is 8.42 Å². The lowest BCUT2D eigenvalue weighted by Gasteiger charge is -2.06. The fourth-order valence-corrected chi connectivity index (χ4v) is 4.69. The molecule has 0 aromatic heterocycles. The first-order chi connectivity index (χ1) is 11.0. The molecule has 0 heterocycles. The lowest BCUT2D eigenvalue weighted by molar-refractivity contribution is 0.558. The quantitative estimate of drug-likeness (QED) is 0.379. The maximum Gasteiger partial charge on any atom is 0.178 e. The van der Waals surface area contributed by atoms with Gasteiger partial charge in [0.1, 0.15) is 0 Å². The molecule has 0 saturated heterocycles. The van der Waals surface area contributed by atoms with Crippen molar-refractivity contribution in [2.75, 3.05) is 5.75 Å².